The third-order valence-electron chi connectivity index (χ3n) is 3.82. The van der Waals surface area contributed by atoms with Crippen molar-refractivity contribution in [2.45, 2.75) is 19.6 Å². The fourth-order valence-electron chi connectivity index (χ4n) is 2.52. The van der Waals surface area contributed by atoms with Crippen LogP contribution in [0.4, 0.5) is 14.5 Å². The van der Waals surface area contributed by atoms with Crippen LogP contribution in [-0.2, 0) is 9.53 Å². The minimum Gasteiger partial charge on any atom is -0.449 e. The van der Waals surface area contributed by atoms with Crippen molar-refractivity contribution in [1.82, 2.24) is 4.98 Å². The second kappa shape index (κ2) is 7.86. The topological polar surface area (TPSA) is 80.4 Å². The number of benzene rings is 2. The predicted molar refractivity (Wildman–Crippen MR) is 94.9 cm³/mol. The molecule has 1 aromatic heterocycles. The van der Waals surface area contributed by atoms with Gasteiger partial charge in [-0.2, -0.15) is 8.78 Å². The smallest absolute Gasteiger partial charge is 0.387 e. The van der Waals surface area contributed by atoms with Crippen LogP contribution in [0.2, 0.25) is 0 Å². The van der Waals surface area contributed by atoms with E-state index in [1.165, 1.54) is 31.3 Å². The first-order valence-corrected chi connectivity index (χ1v) is 8.07. The number of para-hydroxylation sites is 3. The lowest BCUT2D eigenvalue weighted by Crippen LogP contribution is -2.30. The second-order valence-electron chi connectivity index (χ2n) is 5.66. The zero-order chi connectivity index (χ0) is 19.4. The summed E-state index contributed by atoms with van der Waals surface area (Å²) in [6.07, 6.45) is 0.356. The Labute approximate surface area is 153 Å². The Morgan fingerprint density at radius 3 is 2.56 bits per heavy atom. The molecule has 0 saturated heterocycles. The number of carbonyl (C=O) groups is 2. The normalized spacial score (nSPS) is 12.0. The van der Waals surface area contributed by atoms with Crippen molar-refractivity contribution in [3.8, 4) is 5.75 Å². The molecule has 0 unspecified atom stereocenters. The van der Waals surface area contributed by atoms with Crippen LogP contribution in [0, 0.1) is 0 Å². The van der Waals surface area contributed by atoms with Gasteiger partial charge in [0.2, 0.25) is 0 Å². The molecule has 0 fully saturated rings. The summed E-state index contributed by atoms with van der Waals surface area (Å²) in [7, 11) is 0. The molecule has 0 aliphatic rings. The van der Waals surface area contributed by atoms with Crippen molar-refractivity contribution in [3.05, 3.63) is 60.3 Å². The van der Waals surface area contributed by atoms with Crippen LogP contribution in [0.1, 0.15) is 17.3 Å². The van der Waals surface area contributed by atoms with Crippen LogP contribution in [0.15, 0.2) is 54.7 Å². The van der Waals surface area contributed by atoms with Gasteiger partial charge in [-0.3, -0.25) is 4.79 Å². The van der Waals surface area contributed by atoms with Crippen LogP contribution in [0.5, 0.6) is 5.75 Å². The van der Waals surface area contributed by atoms with Crippen LogP contribution in [0.25, 0.3) is 10.9 Å². The number of rotatable bonds is 6. The van der Waals surface area contributed by atoms with E-state index in [9.17, 15) is 18.4 Å². The Balaban J connectivity index is 1.68. The molecule has 6 nitrogen and oxygen atoms in total. The highest BCUT2D eigenvalue weighted by Gasteiger charge is 2.22. The second-order valence-corrected chi connectivity index (χ2v) is 5.66. The molecule has 3 aromatic rings. The summed E-state index contributed by atoms with van der Waals surface area (Å²) in [4.78, 5) is 27.6. The summed E-state index contributed by atoms with van der Waals surface area (Å²) >= 11 is 0. The maximum atomic E-state index is 12.4. The van der Waals surface area contributed by atoms with Gasteiger partial charge in [-0.05, 0) is 25.1 Å². The fraction of sp³-hybridized carbons (Fsp3) is 0.158. The Morgan fingerprint density at radius 2 is 1.78 bits per heavy atom. The Bertz CT molecular complexity index is 971. The van der Waals surface area contributed by atoms with E-state index in [0.717, 1.165) is 5.52 Å². The van der Waals surface area contributed by atoms with E-state index in [1.54, 1.807) is 18.2 Å². The molecule has 8 heteroatoms. The highest BCUT2D eigenvalue weighted by Crippen LogP contribution is 2.26. The van der Waals surface area contributed by atoms with E-state index in [-0.39, 0.29) is 11.4 Å². The quantitative estimate of drug-likeness (QED) is 0.640. The van der Waals surface area contributed by atoms with Gasteiger partial charge < -0.3 is 19.8 Å². The number of fused-ring (bicyclic) bond motifs is 1. The van der Waals surface area contributed by atoms with E-state index in [1.807, 2.05) is 12.1 Å². The summed E-state index contributed by atoms with van der Waals surface area (Å²) in [6.45, 7) is -1.64. The molecule has 0 bridgehead atoms. The number of hydrogen-bond acceptors (Lipinski definition) is 4. The van der Waals surface area contributed by atoms with Crippen molar-refractivity contribution in [3.63, 3.8) is 0 Å². The van der Waals surface area contributed by atoms with Gasteiger partial charge in [-0.25, -0.2) is 4.79 Å². The number of H-pyrrole nitrogens is 1. The number of ether oxygens (including phenoxy) is 2. The van der Waals surface area contributed by atoms with Crippen LogP contribution in [0.3, 0.4) is 0 Å². The van der Waals surface area contributed by atoms with Crippen LogP contribution in [-0.4, -0.2) is 29.6 Å². The van der Waals surface area contributed by atoms with E-state index in [0.29, 0.717) is 10.9 Å². The number of aromatic nitrogens is 1. The molecule has 0 spiro atoms. The van der Waals surface area contributed by atoms with Gasteiger partial charge in [0.15, 0.2) is 6.10 Å². The van der Waals surface area contributed by atoms with Crippen LogP contribution >= 0.6 is 0 Å². The van der Waals surface area contributed by atoms with Gasteiger partial charge in [0.25, 0.3) is 5.91 Å². The molecule has 27 heavy (non-hydrogen) atoms. The summed E-state index contributed by atoms with van der Waals surface area (Å²) in [5, 5.41) is 3.09. The zero-order valence-corrected chi connectivity index (χ0v) is 14.2. The SMILES string of the molecule is C[C@@H](OC(=O)c1c[nH]c2ccccc12)C(=O)Nc1ccccc1OC(F)F. The monoisotopic (exact) mass is 374 g/mol. The molecular formula is C19H16F2N2O4. The molecule has 2 N–H and O–H groups in total. The Hall–Kier alpha value is -3.42. The summed E-state index contributed by atoms with van der Waals surface area (Å²) < 4.78 is 34.4. The fourth-order valence-corrected chi connectivity index (χ4v) is 2.52. The number of amides is 1. The lowest BCUT2D eigenvalue weighted by atomic mass is 10.2. The number of aromatic amines is 1. The summed E-state index contributed by atoms with van der Waals surface area (Å²) in [6, 6.07) is 12.9. The number of halogens is 2. The van der Waals surface area contributed by atoms with Crippen molar-refractivity contribution >= 4 is 28.5 Å². The molecule has 0 radical (unpaired) electrons. The molecule has 3 rings (SSSR count). The Morgan fingerprint density at radius 1 is 1.07 bits per heavy atom. The minimum absolute atomic E-state index is 0.0535. The Kier molecular flexibility index (Phi) is 5.35. The first kappa shape index (κ1) is 18.4. The van der Waals surface area contributed by atoms with Crippen molar-refractivity contribution in [2.75, 3.05) is 5.32 Å². The number of esters is 1. The summed E-state index contributed by atoms with van der Waals surface area (Å²) in [5.74, 6) is -1.53. The van der Waals surface area contributed by atoms with Gasteiger partial charge in [0.1, 0.15) is 5.75 Å². The van der Waals surface area contributed by atoms with E-state index in [2.05, 4.69) is 15.0 Å². The average molecular weight is 374 g/mol. The van der Waals surface area contributed by atoms with Gasteiger partial charge >= 0.3 is 12.6 Å². The van der Waals surface area contributed by atoms with Crippen LogP contribution < -0.4 is 10.1 Å². The first-order chi connectivity index (χ1) is 13.0. The number of anilines is 1. The predicted octanol–water partition coefficient (Wildman–Crippen LogP) is 3.95. The number of carbonyl (C=O) groups excluding carboxylic acids is 2. The van der Waals surface area contributed by atoms with E-state index < -0.39 is 24.6 Å². The van der Waals surface area contributed by atoms with Crippen molar-refractivity contribution < 1.29 is 27.8 Å². The highest BCUT2D eigenvalue weighted by molar-refractivity contribution is 6.05. The molecule has 2 aromatic carbocycles. The molecule has 0 aliphatic heterocycles. The maximum Gasteiger partial charge on any atom is 0.387 e. The van der Waals surface area contributed by atoms with Gasteiger partial charge in [0, 0.05) is 17.1 Å². The van der Waals surface area contributed by atoms with Gasteiger partial charge in [-0.1, -0.05) is 30.3 Å². The molecule has 0 aliphatic carbocycles. The van der Waals surface area contributed by atoms with Gasteiger partial charge in [-0.15, -0.1) is 0 Å². The minimum atomic E-state index is -3.03. The number of alkyl halides is 2. The average Bonchev–Trinajstić information content (AvgIpc) is 3.07. The third-order valence-corrected chi connectivity index (χ3v) is 3.82. The molecule has 0 saturated carbocycles. The molecule has 1 heterocycles. The largest absolute Gasteiger partial charge is 0.449 e. The standard InChI is InChI=1S/C19H16F2N2O4/c1-11(17(24)23-15-8-4-5-9-16(15)27-19(20)21)26-18(25)13-10-22-14-7-3-2-6-12(13)14/h2-11,19,22H,1H3,(H,23,24)/t11-/m1/s1. The highest BCUT2D eigenvalue weighted by atomic mass is 19.3. The van der Waals surface area contributed by atoms with E-state index in [4.69, 9.17) is 4.74 Å². The molecular weight excluding hydrogens is 358 g/mol. The lowest BCUT2D eigenvalue weighted by Gasteiger charge is -2.15. The van der Waals surface area contributed by atoms with E-state index >= 15 is 0 Å². The summed E-state index contributed by atoms with van der Waals surface area (Å²) in [5.41, 5.74) is 1.11. The lowest BCUT2D eigenvalue weighted by molar-refractivity contribution is -0.123. The third kappa shape index (κ3) is 4.22. The van der Waals surface area contributed by atoms with Gasteiger partial charge in [0.05, 0.1) is 11.3 Å². The molecule has 1 atom stereocenters. The van der Waals surface area contributed by atoms with Crippen molar-refractivity contribution in [2.24, 2.45) is 0 Å². The molecule has 1 amide bonds. The first-order valence-electron chi connectivity index (χ1n) is 8.07. The number of hydrogen-bond donors (Lipinski definition) is 2. The molecule has 140 valence electrons. The number of nitrogens with one attached hydrogen (secondary N) is 2. The zero-order valence-electron chi connectivity index (χ0n) is 14.2. The van der Waals surface area contributed by atoms with Crippen molar-refractivity contribution in [1.29, 1.82) is 0 Å². The maximum absolute atomic E-state index is 12.4.